The van der Waals surface area contributed by atoms with Crippen LogP contribution in [-0.4, -0.2) is 58.6 Å². The van der Waals surface area contributed by atoms with Crippen LogP contribution < -0.4 is 14.4 Å². The van der Waals surface area contributed by atoms with Gasteiger partial charge in [0.05, 0.1) is 61.7 Å². The van der Waals surface area contributed by atoms with E-state index >= 15 is 0 Å². The molecule has 198 valence electrons. The highest BCUT2D eigenvalue weighted by Crippen LogP contribution is 2.34. The third-order valence-electron chi connectivity index (χ3n) is 6.35. The Balaban J connectivity index is 1.57. The first-order valence-electron chi connectivity index (χ1n) is 12.3. The maximum Gasteiger partial charge on any atom is 0.339 e. The van der Waals surface area contributed by atoms with Crippen LogP contribution in [0.25, 0.3) is 22.3 Å². The minimum Gasteiger partial charge on any atom is -0.497 e. The van der Waals surface area contributed by atoms with E-state index in [0.29, 0.717) is 35.7 Å². The molecule has 39 heavy (non-hydrogen) atoms. The van der Waals surface area contributed by atoms with Gasteiger partial charge in [-0.05, 0) is 30.3 Å². The van der Waals surface area contributed by atoms with Crippen LogP contribution in [0.15, 0.2) is 73.3 Å². The normalized spacial score (nSPS) is 10.9. The summed E-state index contributed by atoms with van der Waals surface area (Å²) in [7, 11) is 6.46. The quantitative estimate of drug-likeness (QED) is 0.256. The first-order valence-corrected chi connectivity index (χ1v) is 12.3. The number of pyridine rings is 1. The molecule has 0 saturated heterocycles. The number of anilines is 2. The van der Waals surface area contributed by atoms with Gasteiger partial charge in [-0.15, -0.1) is 0 Å². The van der Waals surface area contributed by atoms with Crippen molar-refractivity contribution in [1.29, 1.82) is 0 Å². The lowest BCUT2D eigenvalue weighted by Crippen LogP contribution is -2.22. The number of aryl methyl sites for hydroxylation is 1. The van der Waals surface area contributed by atoms with Gasteiger partial charge >= 0.3 is 5.97 Å². The maximum atomic E-state index is 12.4. The van der Waals surface area contributed by atoms with Gasteiger partial charge in [0, 0.05) is 67.5 Å². The van der Waals surface area contributed by atoms with E-state index in [2.05, 4.69) is 20.0 Å². The van der Waals surface area contributed by atoms with Crippen molar-refractivity contribution in [1.82, 2.24) is 24.7 Å². The largest absolute Gasteiger partial charge is 0.497 e. The second-order valence-electron chi connectivity index (χ2n) is 8.79. The molecule has 0 fully saturated rings. The van der Waals surface area contributed by atoms with Crippen LogP contribution in [0.5, 0.6) is 11.5 Å². The number of methoxy groups -OCH3 is 3. The molecule has 0 aliphatic carbocycles. The van der Waals surface area contributed by atoms with E-state index in [9.17, 15) is 4.79 Å². The lowest BCUT2D eigenvalue weighted by atomic mass is 10.1. The minimum atomic E-state index is -0.420. The molecule has 3 heterocycles. The Labute approximate surface area is 225 Å². The highest BCUT2D eigenvalue weighted by molar-refractivity contribution is 5.90. The summed E-state index contributed by atoms with van der Waals surface area (Å²) in [6, 6.07) is 15.1. The number of fused-ring (bicyclic) bond motifs is 1. The summed E-state index contributed by atoms with van der Waals surface area (Å²) in [5, 5.41) is 4.25. The number of benzene rings is 2. The van der Waals surface area contributed by atoms with E-state index in [-0.39, 0.29) is 0 Å². The first kappa shape index (κ1) is 25.7. The molecule has 0 aliphatic rings. The number of rotatable bonds is 9. The van der Waals surface area contributed by atoms with Crippen molar-refractivity contribution in [2.24, 2.45) is 7.05 Å². The van der Waals surface area contributed by atoms with Crippen LogP contribution in [0.1, 0.15) is 16.1 Å². The van der Waals surface area contributed by atoms with Crippen molar-refractivity contribution in [2.45, 2.75) is 6.42 Å². The fraction of sp³-hybridized carbons (Fsp3) is 0.207. The maximum absolute atomic E-state index is 12.4. The molecule has 10 heteroatoms. The number of carbonyl (C=O) groups excluding carboxylic acids is 1. The number of ether oxygens (including phenoxy) is 3. The van der Waals surface area contributed by atoms with Crippen molar-refractivity contribution >= 4 is 28.4 Å². The number of aromatic nitrogens is 5. The highest BCUT2D eigenvalue weighted by atomic mass is 16.5. The third kappa shape index (κ3) is 5.49. The minimum absolute atomic E-state index is 0.420. The van der Waals surface area contributed by atoms with Crippen molar-refractivity contribution in [3.63, 3.8) is 0 Å². The van der Waals surface area contributed by atoms with Gasteiger partial charge in [0.1, 0.15) is 11.5 Å². The van der Waals surface area contributed by atoms with E-state index < -0.39 is 5.97 Å². The van der Waals surface area contributed by atoms with Crippen LogP contribution in [0.2, 0.25) is 0 Å². The van der Waals surface area contributed by atoms with Crippen molar-refractivity contribution in [3.8, 4) is 22.8 Å². The van der Waals surface area contributed by atoms with Crippen LogP contribution >= 0.6 is 0 Å². The summed E-state index contributed by atoms with van der Waals surface area (Å²) >= 11 is 0. The fourth-order valence-corrected chi connectivity index (χ4v) is 4.37. The van der Waals surface area contributed by atoms with Gasteiger partial charge in [0.15, 0.2) is 0 Å². The van der Waals surface area contributed by atoms with E-state index in [1.165, 1.54) is 7.11 Å². The van der Waals surface area contributed by atoms with E-state index in [4.69, 9.17) is 19.2 Å². The first-order chi connectivity index (χ1) is 19.0. The molecule has 5 aromatic rings. The Hall–Kier alpha value is -4.99. The van der Waals surface area contributed by atoms with E-state index in [0.717, 1.165) is 33.7 Å². The molecule has 0 radical (unpaired) electrons. The molecular weight excluding hydrogens is 496 g/mol. The fourth-order valence-electron chi connectivity index (χ4n) is 4.37. The number of hydrogen-bond donors (Lipinski definition) is 0. The average Bonchev–Trinajstić information content (AvgIpc) is 3.42. The molecule has 3 aromatic heterocycles. The van der Waals surface area contributed by atoms with Crippen LogP contribution in [0.4, 0.5) is 11.4 Å². The Kier molecular flexibility index (Phi) is 7.35. The summed E-state index contributed by atoms with van der Waals surface area (Å²) in [5.74, 6) is 0.889. The van der Waals surface area contributed by atoms with Crippen molar-refractivity contribution in [3.05, 3.63) is 84.6 Å². The summed E-state index contributed by atoms with van der Waals surface area (Å²) in [5.41, 5.74) is 5.94. The zero-order valence-electron chi connectivity index (χ0n) is 22.2. The van der Waals surface area contributed by atoms with Crippen LogP contribution in [0.3, 0.4) is 0 Å². The zero-order valence-corrected chi connectivity index (χ0v) is 22.2. The number of carbonyl (C=O) groups is 1. The van der Waals surface area contributed by atoms with Gasteiger partial charge in [-0.25, -0.2) is 9.78 Å². The summed E-state index contributed by atoms with van der Waals surface area (Å²) in [6.45, 7) is 0.499. The molecule has 10 nitrogen and oxygen atoms in total. The van der Waals surface area contributed by atoms with E-state index in [1.807, 2.05) is 49.6 Å². The molecule has 0 unspecified atom stereocenters. The molecule has 0 saturated carbocycles. The molecule has 0 amide bonds. The van der Waals surface area contributed by atoms with Gasteiger partial charge in [0.25, 0.3) is 0 Å². The van der Waals surface area contributed by atoms with Crippen molar-refractivity contribution in [2.75, 3.05) is 32.8 Å². The number of nitrogens with zero attached hydrogens (tertiary/aromatic N) is 6. The lowest BCUT2D eigenvalue weighted by Gasteiger charge is -2.26. The molecule has 0 spiro atoms. The second-order valence-corrected chi connectivity index (χ2v) is 8.79. The smallest absolute Gasteiger partial charge is 0.339 e. The Morgan fingerprint density at radius 3 is 2.41 bits per heavy atom. The van der Waals surface area contributed by atoms with Gasteiger partial charge in [-0.2, -0.15) is 5.10 Å². The topological polar surface area (TPSA) is 104 Å². The average molecular weight is 525 g/mol. The van der Waals surface area contributed by atoms with Crippen LogP contribution in [-0.2, 0) is 18.2 Å². The predicted octanol–water partition coefficient (Wildman–Crippen LogP) is 4.61. The molecule has 0 aliphatic heterocycles. The van der Waals surface area contributed by atoms with Crippen molar-refractivity contribution < 1.29 is 19.0 Å². The summed E-state index contributed by atoms with van der Waals surface area (Å²) in [4.78, 5) is 28.4. The van der Waals surface area contributed by atoms with Gasteiger partial charge in [0.2, 0.25) is 0 Å². The van der Waals surface area contributed by atoms with E-state index in [1.54, 1.807) is 49.6 Å². The SMILES string of the molecule is COC(=O)c1cccnc1CCN(c1cc(OC)cc(OC)c1)c1ccc2ncc(-c3cnn(C)c3)nc2c1. The standard InChI is InChI=1S/C29H28N6O4/c1-34-18-19(16-32-34)28-17-31-26-8-7-20(14-27(26)33-28)35(21-12-22(37-2)15-23(13-21)38-3)11-9-25-24(29(36)39-4)6-5-10-30-25/h5-8,10,12-18H,9,11H2,1-4H3. The highest BCUT2D eigenvalue weighted by Gasteiger charge is 2.18. The number of hydrogen-bond acceptors (Lipinski definition) is 9. The number of esters is 1. The van der Waals surface area contributed by atoms with Gasteiger partial charge in [-0.3, -0.25) is 14.6 Å². The van der Waals surface area contributed by atoms with Gasteiger partial charge in [-0.1, -0.05) is 0 Å². The zero-order chi connectivity index (χ0) is 27.4. The Morgan fingerprint density at radius 1 is 0.923 bits per heavy atom. The molecule has 0 N–H and O–H groups in total. The predicted molar refractivity (Wildman–Crippen MR) is 148 cm³/mol. The van der Waals surface area contributed by atoms with Crippen LogP contribution in [0, 0.1) is 0 Å². The Morgan fingerprint density at radius 2 is 1.72 bits per heavy atom. The monoisotopic (exact) mass is 524 g/mol. The summed E-state index contributed by atoms with van der Waals surface area (Å²) in [6.07, 6.45) is 7.57. The molecule has 0 atom stereocenters. The third-order valence-corrected chi connectivity index (χ3v) is 6.35. The molecule has 5 rings (SSSR count). The lowest BCUT2D eigenvalue weighted by molar-refractivity contribution is 0.0599. The molecule has 0 bridgehead atoms. The summed E-state index contributed by atoms with van der Waals surface area (Å²) < 4.78 is 17.8. The van der Waals surface area contributed by atoms with Gasteiger partial charge < -0.3 is 19.1 Å². The molecular formula is C29H28N6O4. The second kappa shape index (κ2) is 11.2. The Bertz CT molecular complexity index is 1610. The molecule has 2 aromatic carbocycles.